The second kappa shape index (κ2) is 5.79. The SMILES string of the molecule is CC(C)c1cc(C(=O)N(C)C2CCOC2C)cc(N)n1. The second-order valence-electron chi connectivity index (χ2n) is 5.71. The van der Waals surface area contributed by atoms with E-state index in [2.05, 4.69) is 4.98 Å². The fourth-order valence-corrected chi connectivity index (χ4v) is 2.58. The molecule has 2 unspecified atom stereocenters. The van der Waals surface area contributed by atoms with Crippen molar-refractivity contribution in [2.75, 3.05) is 19.4 Å². The highest BCUT2D eigenvalue weighted by Crippen LogP contribution is 2.22. The third-order valence-electron chi connectivity index (χ3n) is 3.86. The topological polar surface area (TPSA) is 68.5 Å². The molecule has 1 aliphatic heterocycles. The highest BCUT2D eigenvalue weighted by molar-refractivity contribution is 5.95. The summed E-state index contributed by atoms with van der Waals surface area (Å²) in [5, 5.41) is 0. The second-order valence-corrected chi connectivity index (χ2v) is 5.71. The zero-order valence-electron chi connectivity index (χ0n) is 12.6. The molecule has 0 aromatic carbocycles. The van der Waals surface area contributed by atoms with Crippen molar-refractivity contribution in [3.63, 3.8) is 0 Å². The van der Waals surface area contributed by atoms with Crippen molar-refractivity contribution in [1.82, 2.24) is 9.88 Å². The van der Waals surface area contributed by atoms with Crippen molar-refractivity contribution in [1.29, 1.82) is 0 Å². The van der Waals surface area contributed by atoms with Crippen molar-refractivity contribution in [2.24, 2.45) is 0 Å². The maximum absolute atomic E-state index is 12.6. The van der Waals surface area contributed by atoms with E-state index < -0.39 is 0 Å². The standard InChI is InChI=1S/C15H23N3O2/c1-9(2)12-7-11(8-14(16)17-12)15(19)18(4)13-5-6-20-10(13)3/h7-10,13H,5-6H2,1-4H3,(H2,16,17). The molecule has 2 N–H and O–H groups in total. The molecule has 110 valence electrons. The number of rotatable bonds is 3. The van der Waals surface area contributed by atoms with Crippen LogP contribution in [0.4, 0.5) is 5.82 Å². The number of hydrogen-bond acceptors (Lipinski definition) is 4. The van der Waals surface area contributed by atoms with Crippen molar-refractivity contribution < 1.29 is 9.53 Å². The number of nitrogens with two attached hydrogens (primary N) is 1. The van der Waals surface area contributed by atoms with Crippen molar-refractivity contribution >= 4 is 11.7 Å². The summed E-state index contributed by atoms with van der Waals surface area (Å²) in [4.78, 5) is 18.6. The Morgan fingerprint density at radius 3 is 2.75 bits per heavy atom. The number of aromatic nitrogens is 1. The monoisotopic (exact) mass is 277 g/mol. The van der Waals surface area contributed by atoms with Crippen LogP contribution >= 0.6 is 0 Å². The van der Waals surface area contributed by atoms with E-state index in [9.17, 15) is 4.79 Å². The molecule has 1 amide bonds. The molecule has 0 radical (unpaired) electrons. The number of hydrogen-bond donors (Lipinski definition) is 1. The van der Waals surface area contributed by atoms with E-state index in [1.165, 1.54) is 0 Å². The average molecular weight is 277 g/mol. The molecule has 1 saturated heterocycles. The Morgan fingerprint density at radius 1 is 1.50 bits per heavy atom. The lowest BCUT2D eigenvalue weighted by atomic mass is 10.0. The number of likely N-dealkylation sites (N-methyl/N-ethyl adjacent to an activating group) is 1. The fraction of sp³-hybridized carbons (Fsp3) is 0.600. The number of nitrogens with zero attached hydrogens (tertiary/aromatic N) is 2. The molecule has 1 fully saturated rings. The molecular weight excluding hydrogens is 254 g/mol. The molecule has 0 aliphatic carbocycles. The van der Waals surface area contributed by atoms with Gasteiger partial charge in [-0.1, -0.05) is 13.8 Å². The molecule has 2 heterocycles. The van der Waals surface area contributed by atoms with Gasteiger partial charge in [0.15, 0.2) is 0 Å². The molecule has 1 aromatic rings. The van der Waals surface area contributed by atoms with Gasteiger partial charge in [0.25, 0.3) is 5.91 Å². The van der Waals surface area contributed by atoms with E-state index in [0.29, 0.717) is 18.0 Å². The van der Waals surface area contributed by atoms with Crippen LogP contribution in [-0.4, -0.2) is 41.6 Å². The average Bonchev–Trinajstić information content (AvgIpc) is 2.82. The summed E-state index contributed by atoms with van der Waals surface area (Å²) in [5.74, 6) is 0.608. The van der Waals surface area contributed by atoms with Crippen LogP contribution in [0, 0.1) is 0 Å². The minimum absolute atomic E-state index is 0.0247. The molecule has 5 heteroatoms. The van der Waals surface area contributed by atoms with E-state index in [1.54, 1.807) is 11.0 Å². The molecule has 0 saturated carbocycles. The molecule has 5 nitrogen and oxygen atoms in total. The van der Waals surface area contributed by atoms with E-state index in [1.807, 2.05) is 33.9 Å². The minimum atomic E-state index is -0.0247. The molecule has 2 rings (SSSR count). The predicted molar refractivity (Wildman–Crippen MR) is 78.7 cm³/mol. The Kier molecular flexibility index (Phi) is 4.28. The Hall–Kier alpha value is -1.62. The van der Waals surface area contributed by atoms with Crippen LogP contribution < -0.4 is 5.73 Å². The maximum Gasteiger partial charge on any atom is 0.254 e. The zero-order chi connectivity index (χ0) is 14.9. The van der Waals surface area contributed by atoms with Crippen LogP contribution in [-0.2, 0) is 4.74 Å². The molecule has 20 heavy (non-hydrogen) atoms. The zero-order valence-corrected chi connectivity index (χ0v) is 12.6. The Morgan fingerprint density at radius 2 is 2.20 bits per heavy atom. The summed E-state index contributed by atoms with van der Waals surface area (Å²) in [7, 11) is 1.82. The lowest BCUT2D eigenvalue weighted by Crippen LogP contribution is -2.41. The summed E-state index contributed by atoms with van der Waals surface area (Å²) in [6.45, 7) is 6.78. The number of amides is 1. The Balaban J connectivity index is 2.24. The highest BCUT2D eigenvalue weighted by Gasteiger charge is 2.31. The minimum Gasteiger partial charge on any atom is -0.384 e. The van der Waals surface area contributed by atoms with Crippen LogP contribution in [0.1, 0.15) is 49.2 Å². The van der Waals surface area contributed by atoms with Gasteiger partial charge in [-0.25, -0.2) is 4.98 Å². The first kappa shape index (κ1) is 14.8. The van der Waals surface area contributed by atoms with Crippen molar-refractivity contribution in [2.45, 2.75) is 45.3 Å². The molecular formula is C15H23N3O2. The molecule has 0 bridgehead atoms. The van der Waals surface area contributed by atoms with Crippen LogP contribution in [0.25, 0.3) is 0 Å². The normalized spacial score (nSPS) is 22.2. The molecule has 1 aliphatic rings. The van der Waals surface area contributed by atoms with E-state index in [4.69, 9.17) is 10.5 Å². The number of anilines is 1. The number of ether oxygens (including phenoxy) is 1. The first-order valence-electron chi connectivity index (χ1n) is 7.06. The third kappa shape index (κ3) is 2.93. The molecule has 2 atom stereocenters. The maximum atomic E-state index is 12.6. The molecule has 0 spiro atoms. The number of carbonyl (C=O) groups excluding carboxylic acids is 1. The van der Waals surface area contributed by atoms with Gasteiger partial charge < -0.3 is 15.4 Å². The first-order valence-corrected chi connectivity index (χ1v) is 7.06. The van der Waals surface area contributed by atoms with Crippen molar-refractivity contribution in [3.05, 3.63) is 23.4 Å². The van der Waals surface area contributed by atoms with Gasteiger partial charge in [-0.05, 0) is 31.4 Å². The Labute approximate surface area is 120 Å². The van der Waals surface area contributed by atoms with E-state index in [-0.39, 0.29) is 24.0 Å². The first-order chi connectivity index (χ1) is 9.40. The van der Waals surface area contributed by atoms with Gasteiger partial charge in [-0.15, -0.1) is 0 Å². The lowest BCUT2D eigenvalue weighted by molar-refractivity contribution is 0.0574. The smallest absolute Gasteiger partial charge is 0.254 e. The summed E-state index contributed by atoms with van der Waals surface area (Å²) in [6.07, 6.45) is 0.953. The number of nitrogen functional groups attached to an aromatic ring is 1. The number of pyridine rings is 1. The van der Waals surface area contributed by atoms with Gasteiger partial charge in [-0.3, -0.25) is 4.79 Å². The summed E-state index contributed by atoms with van der Waals surface area (Å²) in [6, 6.07) is 3.60. The van der Waals surface area contributed by atoms with Crippen LogP contribution in [0.15, 0.2) is 12.1 Å². The summed E-state index contributed by atoms with van der Waals surface area (Å²) >= 11 is 0. The van der Waals surface area contributed by atoms with Gasteiger partial charge in [0.05, 0.1) is 12.1 Å². The van der Waals surface area contributed by atoms with E-state index in [0.717, 1.165) is 12.1 Å². The van der Waals surface area contributed by atoms with Gasteiger partial charge in [0.2, 0.25) is 0 Å². The van der Waals surface area contributed by atoms with Crippen molar-refractivity contribution in [3.8, 4) is 0 Å². The van der Waals surface area contributed by atoms with Gasteiger partial charge in [0, 0.05) is 24.9 Å². The van der Waals surface area contributed by atoms with Crippen LogP contribution in [0.3, 0.4) is 0 Å². The quantitative estimate of drug-likeness (QED) is 0.918. The predicted octanol–water partition coefficient (Wildman–Crippen LogP) is 2.04. The van der Waals surface area contributed by atoms with Gasteiger partial charge >= 0.3 is 0 Å². The molecule has 1 aromatic heterocycles. The van der Waals surface area contributed by atoms with Gasteiger partial charge in [-0.2, -0.15) is 0 Å². The Bertz CT molecular complexity index is 502. The van der Waals surface area contributed by atoms with Gasteiger partial charge in [0.1, 0.15) is 5.82 Å². The van der Waals surface area contributed by atoms with Crippen LogP contribution in [0.2, 0.25) is 0 Å². The third-order valence-corrected chi connectivity index (χ3v) is 3.86. The van der Waals surface area contributed by atoms with Crippen LogP contribution in [0.5, 0.6) is 0 Å². The lowest BCUT2D eigenvalue weighted by Gasteiger charge is -2.27. The van der Waals surface area contributed by atoms with E-state index >= 15 is 0 Å². The highest BCUT2D eigenvalue weighted by atomic mass is 16.5. The summed E-state index contributed by atoms with van der Waals surface area (Å²) in [5.41, 5.74) is 7.25. The number of carbonyl (C=O) groups is 1. The fourth-order valence-electron chi connectivity index (χ4n) is 2.58. The summed E-state index contributed by atoms with van der Waals surface area (Å²) < 4.78 is 5.53. The largest absolute Gasteiger partial charge is 0.384 e.